The van der Waals surface area contributed by atoms with Gasteiger partial charge in [0.2, 0.25) is 5.84 Å². The normalized spacial score (nSPS) is 19.5. The zero-order valence-electron chi connectivity index (χ0n) is 17.9. The maximum Gasteiger partial charge on any atom is 0.288 e. The van der Waals surface area contributed by atoms with Crippen molar-refractivity contribution in [3.05, 3.63) is 65.7 Å². The van der Waals surface area contributed by atoms with Crippen molar-refractivity contribution in [2.75, 3.05) is 18.1 Å². The van der Waals surface area contributed by atoms with Crippen LogP contribution < -0.4 is 15.8 Å². The van der Waals surface area contributed by atoms with Crippen molar-refractivity contribution in [3.8, 4) is 0 Å². The van der Waals surface area contributed by atoms with E-state index in [2.05, 4.69) is 32.8 Å². The largest absolute Gasteiger partial charge is 0.345 e. The Hall–Kier alpha value is -3.19. The monoisotopic (exact) mass is 419 g/mol. The molecule has 0 radical (unpaired) electrons. The van der Waals surface area contributed by atoms with Gasteiger partial charge in [-0.3, -0.25) is 19.9 Å². The van der Waals surface area contributed by atoms with Crippen LogP contribution in [0.5, 0.6) is 0 Å². The Morgan fingerprint density at radius 2 is 1.71 bits per heavy atom. The van der Waals surface area contributed by atoms with Gasteiger partial charge in [-0.25, -0.2) is 10.0 Å². The molecule has 162 valence electrons. The molecule has 0 bridgehead atoms. The molecular formula is C24H29N5O2. The molecule has 2 amide bonds. The molecule has 0 aliphatic carbocycles. The molecule has 2 aromatic rings. The molecule has 1 fully saturated rings. The highest BCUT2D eigenvalue weighted by Crippen LogP contribution is 2.17. The average Bonchev–Trinajstić information content (AvgIpc) is 2.81. The lowest BCUT2D eigenvalue weighted by Crippen LogP contribution is -2.57. The van der Waals surface area contributed by atoms with E-state index < -0.39 is 6.04 Å². The summed E-state index contributed by atoms with van der Waals surface area (Å²) < 4.78 is 0. The van der Waals surface area contributed by atoms with E-state index in [0.29, 0.717) is 12.2 Å². The molecule has 2 N–H and O–H groups in total. The quantitative estimate of drug-likeness (QED) is 0.755. The van der Waals surface area contributed by atoms with E-state index >= 15 is 0 Å². The van der Waals surface area contributed by atoms with E-state index in [1.165, 1.54) is 29.8 Å². The number of para-hydroxylation sites is 1. The van der Waals surface area contributed by atoms with Gasteiger partial charge < -0.3 is 5.32 Å². The predicted molar refractivity (Wildman–Crippen MR) is 121 cm³/mol. The maximum atomic E-state index is 12.8. The van der Waals surface area contributed by atoms with Crippen LogP contribution in [-0.4, -0.2) is 41.7 Å². The van der Waals surface area contributed by atoms with Crippen LogP contribution in [0.15, 0.2) is 59.6 Å². The number of aliphatic imine (C=N–C) groups is 1. The summed E-state index contributed by atoms with van der Waals surface area (Å²) in [5.74, 6) is -0.382. The summed E-state index contributed by atoms with van der Waals surface area (Å²) >= 11 is 0. The first-order valence-electron chi connectivity index (χ1n) is 10.9. The minimum atomic E-state index is -0.631. The number of anilines is 1. The number of likely N-dealkylation sites (tertiary alicyclic amines) is 1. The van der Waals surface area contributed by atoms with Gasteiger partial charge >= 0.3 is 0 Å². The molecule has 0 aromatic heterocycles. The second-order valence-electron chi connectivity index (χ2n) is 8.06. The van der Waals surface area contributed by atoms with Gasteiger partial charge in [-0.05, 0) is 56.1 Å². The van der Waals surface area contributed by atoms with Crippen LogP contribution in [0.2, 0.25) is 0 Å². The van der Waals surface area contributed by atoms with Gasteiger partial charge in [0.1, 0.15) is 6.04 Å². The van der Waals surface area contributed by atoms with E-state index in [9.17, 15) is 9.59 Å². The lowest BCUT2D eigenvalue weighted by Gasteiger charge is -2.30. The van der Waals surface area contributed by atoms with Crippen LogP contribution in [-0.2, 0) is 22.7 Å². The van der Waals surface area contributed by atoms with Gasteiger partial charge in [-0.2, -0.15) is 0 Å². The summed E-state index contributed by atoms with van der Waals surface area (Å²) in [5, 5.41) is 4.35. The molecular weight excluding hydrogens is 390 g/mol. The van der Waals surface area contributed by atoms with E-state index in [0.717, 1.165) is 25.2 Å². The number of rotatable bonds is 6. The Balaban J connectivity index is 1.42. The number of hydrogen-bond acceptors (Lipinski definition) is 5. The van der Waals surface area contributed by atoms with Crippen LogP contribution in [0.3, 0.4) is 0 Å². The van der Waals surface area contributed by atoms with Crippen LogP contribution in [0.1, 0.15) is 37.3 Å². The fraction of sp³-hybridized carbons (Fsp3) is 0.375. The van der Waals surface area contributed by atoms with Gasteiger partial charge in [-0.15, -0.1) is 0 Å². The number of benzene rings is 2. The zero-order valence-corrected chi connectivity index (χ0v) is 17.9. The second-order valence-corrected chi connectivity index (χ2v) is 8.06. The molecule has 2 aliphatic heterocycles. The van der Waals surface area contributed by atoms with Crippen molar-refractivity contribution < 1.29 is 9.59 Å². The Labute approximate surface area is 183 Å². The van der Waals surface area contributed by atoms with Crippen LogP contribution >= 0.6 is 0 Å². The summed E-state index contributed by atoms with van der Waals surface area (Å²) in [6.07, 6.45) is 3.81. The van der Waals surface area contributed by atoms with Crippen LogP contribution in [0.25, 0.3) is 0 Å². The molecule has 7 heteroatoms. The highest BCUT2D eigenvalue weighted by molar-refractivity contribution is 6.39. The number of amidine groups is 1. The number of carbonyl (C=O) groups is 2. The van der Waals surface area contributed by atoms with Gasteiger partial charge in [0.05, 0.1) is 5.69 Å². The predicted octanol–water partition coefficient (Wildman–Crippen LogP) is 2.63. The molecule has 2 heterocycles. The number of nitrogens with zero attached hydrogens (tertiary/aromatic N) is 3. The van der Waals surface area contributed by atoms with Crippen molar-refractivity contribution >= 4 is 23.3 Å². The fourth-order valence-corrected chi connectivity index (χ4v) is 4.01. The van der Waals surface area contributed by atoms with Crippen LogP contribution in [0, 0.1) is 0 Å². The number of carbonyl (C=O) groups excluding carboxylic acids is 2. The van der Waals surface area contributed by atoms with Crippen molar-refractivity contribution in [3.63, 3.8) is 0 Å². The first-order chi connectivity index (χ1) is 15.1. The minimum Gasteiger partial charge on any atom is -0.345 e. The highest BCUT2D eigenvalue weighted by Gasteiger charge is 2.30. The topological polar surface area (TPSA) is 77.0 Å². The van der Waals surface area contributed by atoms with Gasteiger partial charge in [-0.1, -0.05) is 48.9 Å². The summed E-state index contributed by atoms with van der Waals surface area (Å²) in [4.78, 5) is 32.1. The molecule has 4 rings (SSSR count). The smallest absolute Gasteiger partial charge is 0.288 e. The summed E-state index contributed by atoms with van der Waals surface area (Å²) in [6, 6.07) is 16.8. The molecule has 1 saturated heterocycles. The minimum absolute atomic E-state index is 0.143. The van der Waals surface area contributed by atoms with E-state index in [-0.39, 0.29) is 17.6 Å². The standard InChI is InChI=1S/C24H29N5O2/c1-18-24(31)29(21-12-4-2-5-13-21)27-22(26-18)23(30)25-16-19-10-6-7-11-20(19)17-28-14-8-3-9-15-28/h2,4-7,10-13,18H,3,8-9,14-17H2,1H3,(H,25,30)(H,26,27). The zero-order chi connectivity index (χ0) is 21.6. The number of nitrogens with one attached hydrogen (secondary N) is 2. The lowest BCUT2D eigenvalue weighted by molar-refractivity contribution is -0.120. The van der Waals surface area contributed by atoms with Crippen LogP contribution in [0.4, 0.5) is 5.69 Å². The van der Waals surface area contributed by atoms with Crippen molar-refractivity contribution in [2.24, 2.45) is 4.99 Å². The molecule has 1 unspecified atom stereocenters. The summed E-state index contributed by atoms with van der Waals surface area (Å²) in [7, 11) is 0. The third-order valence-corrected chi connectivity index (χ3v) is 5.75. The number of piperidine rings is 1. The van der Waals surface area contributed by atoms with Crippen molar-refractivity contribution in [2.45, 2.75) is 45.3 Å². The molecule has 0 spiro atoms. The fourth-order valence-electron chi connectivity index (χ4n) is 4.01. The molecule has 2 aromatic carbocycles. The van der Waals surface area contributed by atoms with E-state index in [4.69, 9.17) is 0 Å². The Kier molecular flexibility index (Phi) is 6.62. The highest BCUT2D eigenvalue weighted by atomic mass is 16.2. The molecule has 1 atom stereocenters. The average molecular weight is 420 g/mol. The van der Waals surface area contributed by atoms with Crippen molar-refractivity contribution in [1.82, 2.24) is 15.6 Å². The maximum absolute atomic E-state index is 12.8. The Morgan fingerprint density at radius 3 is 2.45 bits per heavy atom. The first kappa shape index (κ1) is 21.1. The van der Waals surface area contributed by atoms with Gasteiger partial charge in [0.15, 0.2) is 0 Å². The Morgan fingerprint density at radius 1 is 1.03 bits per heavy atom. The molecule has 0 saturated carbocycles. The van der Waals surface area contributed by atoms with E-state index in [1.807, 2.05) is 42.5 Å². The molecule has 31 heavy (non-hydrogen) atoms. The lowest BCUT2D eigenvalue weighted by atomic mass is 10.0. The SMILES string of the molecule is CC1N=C(C(=O)NCc2ccccc2CN2CCCCC2)NN(c2ccccc2)C1=O. The molecule has 2 aliphatic rings. The number of hydrogen-bond donors (Lipinski definition) is 2. The summed E-state index contributed by atoms with van der Waals surface area (Å²) in [6.45, 7) is 5.27. The van der Waals surface area contributed by atoms with Gasteiger partial charge in [0, 0.05) is 13.1 Å². The Bertz CT molecular complexity index is 953. The summed E-state index contributed by atoms with van der Waals surface area (Å²) in [5.41, 5.74) is 5.89. The van der Waals surface area contributed by atoms with Gasteiger partial charge in [0.25, 0.3) is 11.8 Å². The second kappa shape index (κ2) is 9.75. The third-order valence-electron chi connectivity index (χ3n) is 5.75. The number of hydrazine groups is 1. The number of amides is 2. The third kappa shape index (κ3) is 5.11. The molecule has 7 nitrogen and oxygen atoms in total. The first-order valence-corrected chi connectivity index (χ1v) is 10.9. The van der Waals surface area contributed by atoms with E-state index in [1.54, 1.807) is 6.92 Å². The van der Waals surface area contributed by atoms with Crippen molar-refractivity contribution in [1.29, 1.82) is 0 Å².